The van der Waals surface area contributed by atoms with Gasteiger partial charge in [0.15, 0.2) is 0 Å². The predicted octanol–water partition coefficient (Wildman–Crippen LogP) is 0.552. The van der Waals surface area contributed by atoms with Gasteiger partial charge >= 0.3 is 11.9 Å². The van der Waals surface area contributed by atoms with Crippen molar-refractivity contribution in [2.75, 3.05) is 0 Å². The number of carbonyl (C=O) groups is 3. The molecular weight excluding hydrogens is 226 g/mol. The molecule has 0 saturated carbocycles. The summed E-state index contributed by atoms with van der Waals surface area (Å²) >= 11 is 0. The molecule has 6 heteroatoms. The maximum Gasteiger partial charge on any atom is 0.338 e. The molecule has 0 aliphatic rings. The summed E-state index contributed by atoms with van der Waals surface area (Å²) in [4.78, 5) is 33.0. The third kappa shape index (κ3) is 5.31. The minimum absolute atomic E-state index is 0.0726. The van der Waals surface area contributed by atoms with Crippen molar-refractivity contribution in [1.29, 1.82) is 0 Å². The Morgan fingerprint density at radius 1 is 1.06 bits per heavy atom. The van der Waals surface area contributed by atoms with Crippen LogP contribution in [0.3, 0.4) is 0 Å². The summed E-state index contributed by atoms with van der Waals surface area (Å²) in [5.74, 6) is -3.25. The first-order chi connectivity index (χ1) is 7.75. The maximum atomic E-state index is 11.1. The first-order valence-corrected chi connectivity index (χ1v) is 4.49. The maximum absolute atomic E-state index is 11.1. The number of ether oxygens (including phenoxy) is 2. The molecule has 0 aromatic heterocycles. The van der Waals surface area contributed by atoms with Gasteiger partial charge in [-0.3, -0.25) is 4.79 Å². The van der Waals surface area contributed by atoms with Gasteiger partial charge < -0.3 is 15.2 Å². The summed E-state index contributed by atoms with van der Waals surface area (Å²) in [6, 6.07) is 0. The monoisotopic (exact) mass is 239 g/mol. The van der Waals surface area contributed by atoms with Crippen molar-refractivity contribution in [1.82, 2.24) is 0 Å². The molecule has 1 amide bonds. The van der Waals surface area contributed by atoms with Crippen molar-refractivity contribution < 1.29 is 23.9 Å². The molecule has 0 radical (unpaired) electrons. The van der Waals surface area contributed by atoms with Crippen LogP contribution in [0, 0.1) is 0 Å². The van der Waals surface area contributed by atoms with E-state index in [0.29, 0.717) is 6.26 Å². The Bertz CT molecular complexity index is 420. The second-order valence-corrected chi connectivity index (χ2v) is 3.20. The zero-order valence-electron chi connectivity index (χ0n) is 9.61. The number of esters is 2. The minimum atomic E-state index is -1.05. The second kappa shape index (κ2) is 6.26. The molecule has 0 spiro atoms. The van der Waals surface area contributed by atoms with E-state index in [1.165, 1.54) is 13.8 Å². The van der Waals surface area contributed by atoms with E-state index in [2.05, 4.69) is 22.6 Å². The lowest BCUT2D eigenvalue weighted by Gasteiger charge is -2.05. The molecule has 0 aromatic carbocycles. The van der Waals surface area contributed by atoms with E-state index < -0.39 is 23.6 Å². The van der Waals surface area contributed by atoms with Crippen LogP contribution in [-0.4, -0.2) is 17.8 Å². The summed E-state index contributed by atoms with van der Waals surface area (Å²) in [6.45, 7) is 9.45. The quantitative estimate of drug-likeness (QED) is 0.429. The van der Waals surface area contributed by atoms with Gasteiger partial charge in [-0.2, -0.15) is 0 Å². The third-order valence-electron chi connectivity index (χ3n) is 1.42. The standard InChI is InChI=1S/C11H13NO5/c1-6(2)10(14)16-5-8(9(12)13)17-11(15)7(3)4/h5H,1,3H2,2,4H3,(H2,12,13). The highest BCUT2D eigenvalue weighted by atomic mass is 16.6. The first kappa shape index (κ1) is 14.6. The van der Waals surface area contributed by atoms with Crippen LogP contribution in [0.2, 0.25) is 0 Å². The van der Waals surface area contributed by atoms with Crippen molar-refractivity contribution in [3.63, 3.8) is 0 Å². The highest BCUT2D eigenvalue weighted by molar-refractivity contribution is 5.96. The minimum Gasteiger partial charge on any atom is -0.427 e. The summed E-state index contributed by atoms with van der Waals surface area (Å²) in [6.07, 6.45) is 0.653. The lowest BCUT2D eigenvalue weighted by molar-refractivity contribution is -0.140. The molecule has 0 fully saturated rings. The van der Waals surface area contributed by atoms with Gasteiger partial charge in [0.05, 0.1) is 0 Å². The number of amides is 1. The normalized spacial score (nSPS) is 10.4. The van der Waals surface area contributed by atoms with Gasteiger partial charge in [0, 0.05) is 11.1 Å². The first-order valence-electron chi connectivity index (χ1n) is 4.49. The molecule has 92 valence electrons. The van der Waals surface area contributed by atoms with Crippen molar-refractivity contribution in [2.45, 2.75) is 13.8 Å². The van der Waals surface area contributed by atoms with E-state index in [9.17, 15) is 14.4 Å². The van der Waals surface area contributed by atoms with Gasteiger partial charge in [-0.1, -0.05) is 13.2 Å². The Hall–Kier alpha value is -2.37. The van der Waals surface area contributed by atoms with Gasteiger partial charge in [0.1, 0.15) is 6.26 Å². The Labute approximate surface area is 98.4 Å². The summed E-state index contributed by atoms with van der Waals surface area (Å²) in [5, 5.41) is 0. The van der Waals surface area contributed by atoms with Crippen LogP contribution >= 0.6 is 0 Å². The molecule has 0 saturated heterocycles. The molecule has 0 rings (SSSR count). The number of hydrogen-bond acceptors (Lipinski definition) is 5. The van der Waals surface area contributed by atoms with Crippen LogP contribution in [0.5, 0.6) is 0 Å². The molecule has 2 N–H and O–H groups in total. The molecule has 0 heterocycles. The van der Waals surface area contributed by atoms with Crippen LogP contribution in [0.15, 0.2) is 36.3 Å². The zero-order valence-corrected chi connectivity index (χ0v) is 9.61. The molecule has 0 atom stereocenters. The third-order valence-corrected chi connectivity index (χ3v) is 1.42. The van der Waals surface area contributed by atoms with Crippen molar-refractivity contribution >= 4 is 17.8 Å². The van der Waals surface area contributed by atoms with Gasteiger partial charge in [0.25, 0.3) is 5.91 Å². The topological polar surface area (TPSA) is 95.7 Å². The highest BCUT2D eigenvalue weighted by Gasteiger charge is 2.14. The predicted molar refractivity (Wildman–Crippen MR) is 59.1 cm³/mol. The van der Waals surface area contributed by atoms with Gasteiger partial charge in [-0.15, -0.1) is 0 Å². The van der Waals surface area contributed by atoms with E-state index in [0.717, 1.165) is 0 Å². The fraction of sp³-hybridized carbons (Fsp3) is 0.182. The Morgan fingerprint density at radius 3 is 1.88 bits per heavy atom. The zero-order chi connectivity index (χ0) is 13.6. The lowest BCUT2D eigenvalue weighted by Crippen LogP contribution is -2.20. The summed E-state index contributed by atoms with van der Waals surface area (Å²) < 4.78 is 9.04. The van der Waals surface area contributed by atoms with E-state index >= 15 is 0 Å². The lowest BCUT2D eigenvalue weighted by atomic mass is 10.3. The smallest absolute Gasteiger partial charge is 0.338 e. The van der Waals surface area contributed by atoms with Gasteiger partial charge in [-0.25, -0.2) is 9.59 Å². The summed E-state index contributed by atoms with van der Waals surface area (Å²) in [7, 11) is 0. The van der Waals surface area contributed by atoms with Crippen LogP contribution in [0.4, 0.5) is 0 Å². The van der Waals surface area contributed by atoms with Crippen molar-refractivity contribution in [2.24, 2.45) is 5.73 Å². The summed E-state index contributed by atoms with van der Waals surface area (Å²) in [5.41, 5.74) is 5.11. The molecule has 0 aromatic rings. The number of hydrogen-bond donors (Lipinski definition) is 1. The van der Waals surface area contributed by atoms with Crippen LogP contribution in [0.1, 0.15) is 13.8 Å². The number of rotatable bonds is 5. The van der Waals surface area contributed by atoms with E-state index in [4.69, 9.17) is 5.73 Å². The number of primary amides is 1. The van der Waals surface area contributed by atoms with E-state index in [-0.39, 0.29) is 11.1 Å². The fourth-order valence-corrected chi connectivity index (χ4v) is 0.527. The molecule has 0 aliphatic carbocycles. The molecule has 0 aliphatic heterocycles. The van der Waals surface area contributed by atoms with Crippen LogP contribution < -0.4 is 5.73 Å². The van der Waals surface area contributed by atoms with Crippen LogP contribution in [0.25, 0.3) is 0 Å². The fourth-order valence-electron chi connectivity index (χ4n) is 0.527. The molecule has 6 nitrogen and oxygen atoms in total. The van der Waals surface area contributed by atoms with Crippen molar-refractivity contribution in [3.8, 4) is 0 Å². The van der Waals surface area contributed by atoms with Gasteiger partial charge in [-0.05, 0) is 13.8 Å². The Morgan fingerprint density at radius 2 is 1.53 bits per heavy atom. The molecular formula is C11H13NO5. The molecule has 17 heavy (non-hydrogen) atoms. The average Bonchev–Trinajstić information content (AvgIpc) is 2.22. The SMILES string of the molecule is C=C(C)C(=O)OC=C(OC(=O)C(=C)C)C(N)=O. The second-order valence-electron chi connectivity index (χ2n) is 3.20. The largest absolute Gasteiger partial charge is 0.427 e. The number of carbonyl (C=O) groups excluding carboxylic acids is 3. The van der Waals surface area contributed by atoms with E-state index in [1.807, 2.05) is 0 Å². The van der Waals surface area contributed by atoms with E-state index in [1.54, 1.807) is 0 Å². The van der Waals surface area contributed by atoms with Gasteiger partial charge in [0.2, 0.25) is 5.76 Å². The van der Waals surface area contributed by atoms with Crippen molar-refractivity contribution in [3.05, 3.63) is 36.3 Å². The Kier molecular flexibility index (Phi) is 5.39. The Balaban J connectivity index is 4.75. The van der Waals surface area contributed by atoms with Crippen LogP contribution in [-0.2, 0) is 23.9 Å². The number of nitrogens with two attached hydrogens (primary N) is 1. The average molecular weight is 239 g/mol. The highest BCUT2D eigenvalue weighted by Crippen LogP contribution is 2.04. The molecule has 0 unspecified atom stereocenters. The molecule has 0 bridgehead atoms.